The third-order valence-corrected chi connectivity index (χ3v) is 2.42. The molecule has 0 unspecified atom stereocenters. The molecule has 0 aliphatic heterocycles. The highest BCUT2D eigenvalue weighted by Crippen LogP contribution is 2.24. The SMILES string of the molecule is Cc1ccc(Oc2cc(C(=O)O)ccc2C)nn1. The summed E-state index contributed by atoms with van der Waals surface area (Å²) < 4.78 is 5.52. The van der Waals surface area contributed by atoms with Crippen molar-refractivity contribution in [3.63, 3.8) is 0 Å². The zero-order valence-electron chi connectivity index (χ0n) is 10.0. The highest BCUT2D eigenvalue weighted by molar-refractivity contribution is 5.88. The Bertz CT molecular complexity index is 579. The molecule has 1 aromatic heterocycles. The summed E-state index contributed by atoms with van der Waals surface area (Å²) in [6, 6.07) is 8.17. The molecule has 2 aromatic rings. The van der Waals surface area contributed by atoms with Crippen LogP contribution in [0.5, 0.6) is 11.6 Å². The van der Waals surface area contributed by atoms with Gasteiger partial charge in [0.2, 0.25) is 5.88 Å². The number of nitrogens with zero attached hydrogens (tertiary/aromatic N) is 2. The highest BCUT2D eigenvalue weighted by Gasteiger charge is 2.08. The molecule has 0 aliphatic carbocycles. The van der Waals surface area contributed by atoms with Crippen LogP contribution in [0.4, 0.5) is 0 Å². The van der Waals surface area contributed by atoms with Crippen LogP contribution in [-0.2, 0) is 0 Å². The lowest BCUT2D eigenvalue weighted by molar-refractivity contribution is 0.0696. The first-order chi connectivity index (χ1) is 8.56. The van der Waals surface area contributed by atoms with E-state index in [0.29, 0.717) is 11.6 Å². The Hall–Kier alpha value is -2.43. The fourth-order valence-electron chi connectivity index (χ4n) is 1.40. The quantitative estimate of drug-likeness (QED) is 0.898. The van der Waals surface area contributed by atoms with Crippen LogP contribution in [0.3, 0.4) is 0 Å². The first-order valence-corrected chi connectivity index (χ1v) is 5.38. The summed E-state index contributed by atoms with van der Waals surface area (Å²) in [7, 11) is 0. The molecule has 1 heterocycles. The maximum Gasteiger partial charge on any atom is 0.335 e. The van der Waals surface area contributed by atoms with Crippen molar-refractivity contribution >= 4 is 5.97 Å². The average molecular weight is 244 g/mol. The number of ether oxygens (including phenoxy) is 1. The van der Waals surface area contributed by atoms with Crippen molar-refractivity contribution in [1.29, 1.82) is 0 Å². The summed E-state index contributed by atoms with van der Waals surface area (Å²) in [5.74, 6) is -0.186. The van der Waals surface area contributed by atoms with Gasteiger partial charge >= 0.3 is 5.97 Å². The molecule has 0 saturated heterocycles. The molecular weight excluding hydrogens is 232 g/mol. The third kappa shape index (κ3) is 2.63. The molecule has 92 valence electrons. The first kappa shape index (κ1) is 12.0. The molecule has 0 atom stereocenters. The largest absolute Gasteiger partial charge is 0.478 e. The lowest BCUT2D eigenvalue weighted by Gasteiger charge is -2.08. The molecule has 0 bridgehead atoms. The van der Waals surface area contributed by atoms with E-state index in [4.69, 9.17) is 9.84 Å². The molecule has 0 amide bonds. The predicted molar refractivity (Wildman–Crippen MR) is 65.0 cm³/mol. The second-order valence-electron chi connectivity index (χ2n) is 3.90. The third-order valence-electron chi connectivity index (χ3n) is 2.42. The number of carboxylic acid groups (broad SMARTS) is 1. The number of rotatable bonds is 3. The smallest absolute Gasteiger partial charge is 0.335 e. The topological polar surface area (TPSA) is 72.3 Å². The van der Waals surface area contributed by atoms with Crippen LogP contribution in [0.1, 0.15) is 21.6 Å². The van der Waals surface area contributed by atoms with E-state index in [1.807, 2.05) is 13.8 Å². The summed E-state index contributed by atoms with van der Waals surface area (Å²) in [5, 5.41) is 16.7. The maximum absolute atomic E-state index is 10.9. The number of carboxylic acids is 1. The van der Waals surface area contributed by atoms with E-state index < -0.39 is 5.97 Å². The lowest BCUT2D eigenvalue weighted by Crippen LogP contribution is -1.98. The number of carbonyl (C=O) groups is 1. The molecule has 0 fully saturated rings. The highest BCUT2D eigenvalue weighted by atomic mass is 16.5. The van der Waals surface area contributed by atoms with Crippen LogP contribution < -0.4 is 4.74 Å². The summed E-state index contributed by atoms with van der Waals surface area (Å²) in [6.07, 6.45) is 0. The molecule has 5 nitrogen and oxygen atoms in total. The predicted octanol–water partition coefficient (Wildman–Crippen LogP) is 2.58. The number of aryl methyl sites for hydroxylation is 2. The second kappa shape index (κ2) is 4.83. The van der Waals surface area contributed by atoms with Gasteiger partial charge in [0.05, 0.1) is 11.3 Å². The maximum atomic E-state index is 10.9. The Morgan fingerprint density at radius 1 is 1.17 bits per heavy atom. The van der Waals surface area contributed by atoms with Gasteiger partial charge in [-0.2, -0.15) is 5.10 Å². The first-order valence-electron chi connectivity index (χ1n) is 5.38. The minimum atomic E-state index is -0.991. The molecule has 0 spiro atoms. The number of aromatic nitrogens is 2. The van der Waals surface area contributed by atoms with Crippen LogP contribution in [0, 0.1) is 13.8 Å². The molecule has 0 radical (unpaired) electrons. The normalized spacial score (nSPS) is 10.1. The van der Waals surface area contributed by atoms with E-state index >= 15 is 0 Å². The van der Waals surface area contributed by atoms with Gasteiger partial charge < -0.3 is 9.84 Å². The van der Waals surface area contributed by atoms with E-state index in [2.05, 4.69) is 10.2 Å². The Morgan fingerprint density at radius 2 is 1.94 bits per heavy atom. The molecule has 1 aromatic carbocycles. The average Bonchev–Trinajstić information content (AvgIpc) is 2.34. The molecule has 5 heteroatoms. The van der Waals surface area contributed by atoms with E-state index in [-0.39, 0.29) is 5.56 Å². The fraction of sp³-hybridized carbons (Fsp3) is 0.154. The summed E-state index contributed by atoms with van der Waals surface area (Å²) in [5.41, 5.74) is 1.80. The number of benzene rings is 1. The van der Waals surface area contributed by atoms with Gasteiger partial charge in [-0.1, -0.05) is 6.07 Å². The Kier molecular flexibility index (Phi) is 3.23. The van der Waals surface area contributed by atoms with Crippen LogP contribution >= 0.6 is 0 Å². The Balaban J connectivity index is 2.30. The van der Waals surface area contributed by atoms with Crippen LogP contribution in [-0.4, -0.2) is 21.3 Å². The van der Waals surface area contributed by atoms with E-state index in [1.54, 1.807) is 18.2 Å². The lowest BCUT2D eigenvalue weighted by atomic mass is 10.1. The van der Waals surface area contributed by atoms with Crippen LogP contribution in [0.15, 0.2) is 30.3 Å². The number of hydrogen-bond donors (Lipinski definition) is 1. The van der Waals surface area contributed by atoms with Crippen molar-refractivity contribution in [2.45, 2.75) is 13.8 Å². The van der Waals surface area contributed by atoms with Crippen LogP contribution in [0.25, 0.3) is 0 Å². The van der Waals surface area contributed by atoms with Crippen LogP contribution in [0.2, 0.25) is 0 Å². The minimum absolute atomic E-state index is 0.177. The van der Waals surface area contributed by atoms with E-state index in [1.165, 1.54) is 12.1 Å². The number of hydrogen-bond acceptors (Lipinski definition) is 4. The van der Waals surface area contributed by atoms with Gasteiger partial charge in [0.1, 0.15) is 5.75 Å². The molecular formula is C13H12N2O3. The second-order valence-corrected chi connectivity index (χ2v) is 3.90. The van der Waals surface area contributed by atoms with Crippen molar-refractivity contribution < 1.29 is 14.6 Å². The molecule has 0 saturated carbocycles. The van der Waals surface area contributed by atoms with Crippen molar-refractivity contribution in [1.82, 2.24) is 10.2 Å². The van der Waals surface area contributed by atoms with Gasteiger partial charge in [-0.05, 0) is 37.6 Å². The number of aromatic carboxylic acids is 1. The zero-order chi connectivity index (χ0) is 13.1. The Morgan fingerprint density at radius 3 is 2.56 bits per heavy atom. The van der Waals surface area contributed by atoms with E-state index in [0.717, 1.165) is 11.3 Å². The Labute approximate surface area is 104 Å². The van der Waals surface area contributed by atoms with Gasteiger partial charge in [0, 0.05) is 6.07 Å². The van der Waals surface area contributed by atoms with Gasteiger partial charge in [0.15, 0.2) is 0 Å². The fourth-order valence-corrected chi connectivity index (χ4v) is 1.40. The van der Waals surface area contributed by atoms with Crippen molar-refractivity contribution in [2.24, 2.45) is 0 Å². The minimum Gasteiger partial charge on any atom is -0.478 e. The van der Waals surface area contributed by atoms with Crippen molar-refractivity contribution in [3.8, 4) is 11.6 Å². The van der Waals surface area contributed by atoms with Gasteiger partial charge in [-0.25, -0.2) is 4.79 Å². The van der Waals surface area contributed by atoms with Gasteiger partial charge in [-0.15, -0.1) is 5.10 Å². The van der Waals surface area contributed by atoms with Crippen molar-refractivity contribution in [2.75, 3.05) is 0 Å². The molecule has 0 aliphatic rings. The van der Waals surface area contributed by atoms with Gasteiger partial charge in [-0.3, -0.25) is 0 Å². The van der Waals surface area contributed by atoms with Gasteiger partial charge in [0.25, 0.3) is 0 Å². The monoisotopic (exact) mass is 244 g/mol. The van der Waals surface area contributed by atoms with Crippen molar-refractivity contribution in [3.05, 3.63) is 47.2 Å². The standard InChI is InChI=1S/C13H12N2O3/c1-8-3-5-10(13(16)17)7-11(8)18-12-6-4-9(2)14-15-12/h3-7H,1-2H3,(H,16,17). The molecule has 2 rings (SSSR count). The summed E-state index contributed by atoms with van der Waals surface area (Å²) >= 11 is 0. The summed E-state index contributed by atoms with van der Waals surface area (Å²) in [4.78, 5) is 10.9. The van der Waals surface area contributed by atoms with E-state index in [9.17, 15) is 4.79 Å². The zero-order valence-corrected chi connectivity index (χ0v) is 10.0. The molecule has 18 heavy (non-hydrogen) atoms. The molecule has 1 N–H and O–H groups in total. The summed E-state index contributed by atoms with van der Waals surface area (Å²) in [6.45, 7) is 3.66.